The number of rotatable bonds is 2. The van der Waals surface area contributed by atoms with Crippen LogP contribution < -0.4 is 9.80 Å². The molecule has 0 aromatic carbocycles. The van der Waals surface area contributed by atoms with Crippen LogP contribution in [-0.2, 0) is 0 Å². The van der Waals surface area contributed by atoms with Crippen molar-refractivity contribution in [3.8, 4) is 6.07 Å². The molecule has 0 radical (unpaired) electrons. The van der Waals surface area contributed by atoms with Crippen LogP contribution in [0.15, 0.2) is 30.7 Å². The highest BCUT2D eigenvalue weighted by molar-refractivity contribution is 5.51. The average molecular weight is 320 g/mol. The van der Waals surface area contributed by atoms with Gasteiger partial charge in [0, 0.05) is 37.9 Å². The van der Waals surface area contributed by atoms with Crippen LogP contribution in [0.3, 0.4) is 0 Å². The molecule has 0 aliphatic carbocycles. The first-order chi connectivity index (χ1) is 11.7. The molecule has 0 bridgehead atoms. The number of aromatic nitrogens is 5. The molecule has 4 rings (SSSR count). The summed E-state index contributed by atoms with van der Waals surface area (Å²) in [7, 11) is 0. The Morgan fingerprint density at radius 3 is 2.58 bits per heavy atom. The molecule has 120 valence electrons. The van der Waals surface area contributed by atoms with Crippen LogP contribution in [0.2, 0.25) is 0 Å². The molecule has 3 aromatic heterocycles. The highest BCUT2D eigenvalue weighted by Crippen LogP contribution is 2.21. The molecule has 8 nitrogen and oxygen atoms in total. The molecule has 0 saturated carbocycles. The lowest BCUT2D eigenvalue weighted by molar-refractivity contribution is 0.637. The molecule has 24 heavy (non-hydrogen) atoms. The smallest absolute Gasteiger partial charge is 0.254 e. The number of anilines is 2. The second-order valence-electron chi connectivity index (χ2n) is 5.72. The maximum atomic E-state index is 8.84. The molecule has 0 unspecified atom stereocenters. The molecule has 0 N–H and O–H groups in total. The molecule has 1 aliphatic heterocycles. The highest BCUT2D eigenvalue weighted by atomic mass is 15.4. The summed E-state index contributed by atoms with van der Waals surface area (Å²) in [4.78, 5) is 17.3. The highest BCUT2D eigenvalue weighted by Gasteiger charge is 2.20. The number of hydrogen-bond donors (Lipinski definition) is 0. The minimum absolute atomic E-state index is 0.443. The Morgan fingerprint density at radius 1 is 1.08 bits per heavy atom. The zero-order valence-electron chi connectivity index (χ0n) is 13.3. The van der Waals surface area contributed by atoms with Crippen LogP contribution in [0.4, 0.5) is 11.5 Å². The second kappa shape index (κ2) is 5.77. The van der Waals surface area contributed by atoms with Crippen molar-refractivity contribution in [1.29, 1.82) is 5.26 Å². The summed E-state index contributed by atoms with van der Waals surface area (Å²) in [6, 6.07) is 7.80. The van der Waals surface area contributed by atoms with Crippen LogP contribution in [0.25, 0.3) is 5.78 Å². The van der Waals surface area contributed by atoms with Gasteiger partial charge in [-0.2, -0.15) is 19.9 Å². The molecule has 1 fully saturated rings. The lowest BCUT2D eigenvalue weighted by Crippen LogP contribution is -2.47. The molecule has 1 saturated heterocycles. The van der Waals surface area contributed by atoms with E-state index in [0.717, 1.165) is 43.4 Å². The molecule has 0 spiro atoms. The van der Waals surface area contributed by atoms with Gasteiger partial charge in [-0.05, 0) is 19.1 Å². The Hall–Kier alpha value is -3.21. The maximum absolute atomic E-state index is 8.84. The summed E-state index contributed by atoms with van der Waals surface area (Å²) >= 11 is 0. The molecular weight excluding hydrogens is 304 g/mol. The van der Waals surface area contributed by atoms with Crippen LogP contribution in [0.5, 0.6) is 0 Å². The number of aryl methyl sites for hydroxylation is 1. The van der Waals surface area contributed by atoms with Crippen LogP contribution in [-0.4, -0.2) is 50.7 Å². The lowest BCUT2D eigenvalue weighted by Gasteiger charge is -2.37. The van der Waals surface area contributed by atoms with E-state index >= 15 is 0 Å². The SMILES string of the molecule is Cc1cc(N2CCN(c3ccc(C#N)nc3)CC2)n2ncnc2n1. The largest absolute Gasteiger partial charge is 0.367 e. The summed E-state index contributed by atoms with van der Waals surface area (Å²) in [5.41, 5.74) is 2.42. The minimum Gasteiger partial charge on any atom is -0.367 e. The zero-order chi connectivity index (χ0) is 16.5. The van der Waals surface area contributed by atoms with E-state index in [-0.39, 0.29) is 0 Å². The monoisotopic (exact) mass is 320 g/mol. The van der Waals surface area contributed by atoms with Crippen molar-refractivity contribution >= 4 is 17.3 Å². The fourth-order valence-corrected chi connectivity index (χ4v) is 2.97. The van der Waals surface area contributed by atoms with Gasteiger partial charge in [0.05, 0.1) is 11.9 Å². The normalized spacial score (nSPS) is 14.8. The minimum atomic E-state index is 0.443. The van der Waals surface area contributed by atoms with Gasteiger partial charge in [0.2, 0.25) is 0 Å². The Balaban J connectivity index is 1.53. The first kappa shape index (κ1) is 14.4. The number of fused-ring (bicyclic) bond motifs is 1. The van der Waals surface area contributed by atoms with Gasteiger partial charge in [0.25, 0.3) is 5.78 Å². The third-order valence-electron chi connectivity index (χ3n) is 4.19. The van der Waals surface area contributed by atoms with E-state index in [4.69, 9.17) is 5.26 Å². The second-order valence-corrected chi connectivity index (χ2v) is 5.72. The average Bonchev–Trinajstić information content (AvgIpc) is 3.09. The maximum Gasteiger partial charge on any atom is 0.254 e. The Kier molecular flexibility index (Phi) is 3.46. The van der Waals surface area contributed by atoms with Crippen molar-refractivity contribution in [2.24, 2.45) is 0 Å². The van der Waals surface area contributed by atoms with Crippen molar-refractivity contribution < 1.29 is 0 Å². The quantitative estimate of drug-likeness (QED) is 0.697. The third-order valence-corrected chi connectivity index (χ3v) is 4.19. The lowest BCUT2D eigenvalue weighted by atomic mass is 10.2. The standard InChI is InChI=1S/C16H16N8/c1-12-8-15(24-16(21-12)19-11-20-24)23-6-4-22(5-7-23)14-3-2-13(9-17)18-10-14/h2-3,8,10-11H,4-7H2,1H3. The molecule has 4 heterocycles. The van der Waals surface area contributed by atoms with Gasteiger partial charge < -0.3 is 9.80 Å². The molecule has 8 heteroatoms. The van der Waals surface area contributed by atoms with Crippen molar-refractivity contribution in [3.63, 3.8) is 0 Å². The van der Waals surface area contributed by atoms with E-state index < -0.39 is 0 Å². The van der Waals surface area contributed by atoms with E-state index in [0.29, 0.717) is 11.5 Å². The number of hydrogen-bond acceptors (Lipinski definition) is 7. The number of pyridine rings is 1. The third kappa shape index (κ3) is 2.50. The van der Waals surface area contributed by atoms with E-state index in [1.54, 1.807) is 16.8 Å². The Morgan fingerprint density at radius 2 is 1.88 bits per heavy atom. The molecular formula is C16H16N8. The molecule has 0 atom stereocenters. The van der Waals surface area contributed by atoms with E-state index in [1.165, 1.54) is 6.33 Å². The van der Waals surface area contributed by atoms with Crippen molar-refractivity contribution in [2.45, 2.75) is 6.92 Å². The van der Waals surface area contributed by atoms with Crippen LogP contribution >= 0.6 is 0 Å². The fraction of sp³-hybridized carbons (Fsp3) is 0.312. The zero-order valence-corrected chi connectivity index (χ0v) is 13.3. The van der Waals surface area contributed by atoms with Crippen LogP contribution in [0, 0.1) is 18.3 Å². The summed E-state index contributed by atoms with van der Waals surface area (Å²) in [5, 5.41) is 13.1. The summed E-state index contributed by atoms with van der Waals surface area (Å²) in [6.07, 6.45) is 3.30. The summed E-state index contributed by atoms with van der Waals surface area (Å²) < 4.78 is 1.78. The number of nitriles is 1. The van der Waals surface area contributed by atoms with Gasteiger partial charge in [-0.15, -0.1) is 0 Å². The van der Waals surface area contributed by atoms with E-state index in [9.17, 15) is 0 Å². The predicted molar refractivity (Wildman–Crippen MR) is 88.9 cm³/mol. The topological polar surface area (TPSA) is 86.2 Å². The summed E-state index contributed by atoms with van der Waals surface area (Å²) in [5.74, 6) is 1.65. The van der Waals surface area contributed by atoms with Gasteiger partial charge in [-0.1, -0.05) is 0 Å². The van der Waals surface area contributed by atoms with Gasteiger partial charge in [-0.25, -0.2) is 9.97 Å². The van der Waals surface area contributed by atoms with Crippen molar-refractivity contribution in [1.82, 2.24) is 24.6 Å². The molecule has 0 amide bonds. The Bertz CT molecular complexity index is 900. The van der Waals surface area contributed by atoms with Gasteiger partial charge >= 0.3 is 0 Å². The Labute approximate surface area is 139 Å². The molecule has 3 aromatic rings. The number of piperazine rings is 1. The van der Waals surface area contributed by atoms with E-state index in [1.807, 2.05) is 25.1 Å². The fourth-order valence-electron chi connectivity index (χ4n) is 2.97. The van der Waals surface area contributed by atoms with Crippen molar-refractivity contribution in [3.05, 3.63) is 42.1 Å². The van der Waals surface area contributed by atoms with Gasteiger partial charge in [-0.3, -0.25) is 0 Å². The summed E-state index contributed by atoms with van der Waals surface area (Å²) in [6.45, 7) is 5.48. The predicted octanol–water partition coefficient (Wildman–Crippen LogP) is 1.03. The van der Waals surface area contributed by atoms with Gasteiger partial charge in [0.1, 0.15) is 23.9 Å². The van der Waals surface area contributed by atoms with Gasteiger partial charge in [0.15, 0.2) is 0 Å². The number of nitrogens with zero attached hydrogens (tertiary/aromatic N) is 8. The van der Waals surface area contributed by atoms with Crippen molar-refractivity contribution in [2.75, 3.05) is 36.0 Å². The van der Waals surface area contributed by atoms with Crippen LogP contribution in [0.1, 0.15) is 11.4 Å². The first-order valence-electron chi connectivity index (χ1n) is 7.78. The first-order valence-corrected chi connectivity index (χ1v) is 7.78. The van der Waals surface area contributed by atoms with E-state index in [2.05, 4.69) is 29.9 Å². The molecule has 1 aliphatic rings.